The van der Waals surface area contributed by atoms with Crippen molar-refractivity contribution in [2.75, 3.05) is 9.80 Å². The first-order valence-electron chi connectivity index (χ1n) is 34.5. The van der Waals surface area contributed by atoms with Crippen molar-refractivity contribution < 1.29 is 0 Å². The van der Waals surface area contributed by atoms with Crippen LogP contribution in [0.25, 0.3) is 116 Å². The van der Waals surface area contributed by atoms with Gasteiger partial charge in [-0.15, -0.1) is 0 Å². The third kappa shape index (κ3) is 9.64. The Labute approximate surface area is 574 Å². The Morgan fingerprint density at radius 2 is 0.592 bits per heavy atom. The van der Waals surface area contributed by atoms with Gasteiger partial charge >= 0.3 is 0 Å². The fraction of sp³-hybridized carbons (Fsp3) is 0.0851. The van der Waals surface area contributed by atoms with E-state index in [2.05, 4.69) is 383 Å². The second-order valence-electron chi connectivity index (χ2n) is 28.8. The van der Waals surface area contributed by atoms with E-state index in [0.717, 1.165) is 84.3 Å². The Kier molecular flexibility index (Phi) is 13.8. The van der Waals surface area contributed by atoms with Crippen LogP contribution < -0.4 is 26.2 Å². The summed E-state index contributed by atoms with van der Waals surface area (Å²) < 4.78 is 2.62. The predicted molar refractivity (Wildman–Crippen MR) is 420 cm³/mol. The number of nitrogens with zero attached hydrogens (tertiary/aromatic N) is 3. The van der Waals surface area contributed by atoms with Crippen molar-refractivity contribution in [2.24, 2.45) is 0 Å². The van der Waals surface area contributed by atoms with Gasteiger partial charge in [0.25, 0.3) is 6.71 Å². The van der Waals surface area contributed by atoms with Crippen molar-refractivity contribution in [3.63, 3.8) is 0 Å². The van der Waals surface area contributed by atoms with Gasteiger partial charge in [-0.3, -0.25) is 0 Å². The van der Waals surface area contributed by atoms with Crippen LogP contribution in [0.2, 0.25) is 0 Å². The molecule has 0 aliphatic carbocycles. The van der Waals surface area contributed by atoms with Gasteiger partial charge in [0.05, 0.1) is 28.1 Å². The summed E-state index contributed by atoms with van der Waals surface area (Å²) >= 11 is 0. The number of para-hydroxylation sites is 2. The Balaban J connectivity index is 1.06. The average Bonchev–Trinajstić information content (AvgIpc) is 0.807. The maximum atomic E-state index is 2.69. The summed E-state index contributed by atoms with van der Waals surface area (Å²) in [7, 11) is 0. The van der Waals surface area contributed by atoms with Crippen LogP contribution in [-0.2, 0) is 10.8 Å². The summed E-state index contributed by atoms with van der Waals surface area (Å²) in [6.45, 7) is 13.8. The molecule has 0 bridgehead atoms. The lowest BCUT2D eigenvalue weighted by atomic mass is 9.33. The molecule has 2 aliphatic rings. The predicted octanol–water partition coefficient (Wildman–Crippen LogP) is 23.8. The molecule has 15 aromatic carbocycles. The molecule has 3 heterocycles. The van der Waals surface area contributed by atoms with E-state index in [4.69, 9.17) is 0 Å². The quantitative estimate of drug-likeness (QED) is 0.133. The van der Waals surface area contributed by atoms with Crippen LogP contribution in [0.5, 0.6) is 0 Å². The number of fused-ring (bicyclic) bond motifs is 9. The lowest BCUT2D eigenvalue weighted by Crippen LogP contribution is -2.61. The minimum atomic E-state index is -0.275. The first-order valence-corrected chi connectivity index (χ1v) is 34.5. The normalized spacial score (nSPS) is 12.7. The molecule has 98 heavy (non-hydrogen) atoms. The summed E-state index contributed by atoms with van der Waals surface area (Å²) in [4.78, 5) is 5.39. The first kappa shape index (κ1) is 58.8. The van der Waals surface area contributed by atoms with Crippen molar-refractivity contribution in [1.82, 2.24) is 4.57 Å². The van der Waals surface area contributed by atoms with E-state index in [1.807, 2.05) is 0 Å². The van der Waals surface area contributed by atoms with Crippen molar-refractivity contribution in [3.05, 3.63) is 339 Å². The summed E-state index contributed by atoms with van der Waals surface area (Å²) in [6.07, 6.45) is 0. The van der Waals surface area contributed by atoms with Gasteiger partial charge in [-0.05, 0) is 141 Å². The standard InChI is InChI=1S/C94H72BN3/c1-93(2,3)69-49-51-80-81-52-50-70(94(4,5)6)58-87(81)96(86(80)57-69)71-59-88-90-89(60-71)98(92-78(65-31-15-9-16-32-65)45-26-46-79(92)66-33-17-10-18-34-66)85-54-48-68(75-42-24-38-62-36-20-22-40-73(62)75)56-83(85)95(90)82-55-67(74-41-23-37-61-35-19-21-39-72(61)74)47-53-84(82)97(88)91-76(63-27-11-7-12-28-63)43-25-44-77(91)64-29-13-8-14-30-64/h7-60H,1-6H3. The third-order valence-corrected chi connectivity index (χ3v) is 20.9. The van der Waals surface area contributed by atoms with Crippen molar-refractivity contribution in [3.8, 4) is 72.4 Å². The highest BCUT2D eigenvalue weighted by atomic mass is 15.2. The minimum Gasteiger partial charge on any atom is -0.310 e. The third-order valence-electron chi connectivity index (χ3n) is 20.9. The molecule has 0 unspecified atom stereocenters. The molecule has 0 saturated carbocycles. The van der Waals surface area contributed by atoms with Crippen molar-refractivity contribution in [1.29, 1.82) is 0 Å². The van der Waals surface area contributed by atoms with Gasteiger partial charge in [-0.1, -0.05) is 333 Å². The minimum absolute atomic E-state index is 0.123. The molecule has 1 aromatic heterocycles. The number of rotatable bonds is 9. The fourth-order valence-electron chi connectivity index (χ4n) is 16.1. The van der Waals surface area contributed by atoms with E-state index < -0.39 is 0 Å². The molecule has 4 heteroatoms. The van der Waals surface area contributed by atoms with Crippen LogP contribution in [0, 0.1) is 0 Å². The molecule has 3 nitrogen and oxygen atoms in total. The summed E-state index contributed by atoms with van der Waals surface area (Å²) in [5.74, 6) is 0. The molecular weight excluding hydrogens is 1180 g/mol. The van der Waals surface area contributed by atoms with E-state index in [9.17, 15) is 0 Å². The largest absolute Gasteiger partial charge is 0.310 e. The molecule has 0 spiro atoms. The summed E-state index contributed by atoms with van der Waals surface area (Å²) in [5, 5.41) is 7.34. The van der Waals surface area contributed by atoms with Crippen molar-refractivity contribution >= 4 is 101 Å². The number of hydrogen-bond acceptors (Lipinski definition) is 2. The molecule has 18 rings (SSSR count). The molecule has 0 fully saturated rings. The zero-order chi connectivity index (χ0) is 66.0. The monoisotopic (exact) mass is 1250 g/mol. The smallest absolute Gasteiger partial charge is 0.252 e. The SMILES string of the molecule is CC(C)(C)c1ccc2c3ccc(C(C)(C)C)cc3n(-c3cc4c5c(c3)N(c3c(-c6ccccc6)cccc3-c3ccccc3)c3ccc(-c6cccc7ccccc67)cc3B5c3cc(-c5cccc6ccccc56)ccc3N4c3c(-c4ccccc4)cccc3-c3ccccc3)c2c1. The van der Waals surface area contributed by atoms with E-state index in [0.29, 0.717) is 0 Å². The fourth-order valence-corrected chi connectivity index (χ4v) is 16.1. The van der Waals surface area contributed by atoms with Gasteiger partial charge in [0.2, 0.25) is 0 Å². The van der Waals surface area contributed by atoms with Crippen LogP contribution in [0.15, 0.2) is 328 Å². The lowest BCUT2D eigenvalue weighted by Gasteiger charge is -2.46. The maximum absolute atomic E-state index is 2.69. The lowest BCUT2D eigenvalue weighted by molar-refractivity contribution is 0.591. The molecule has 0 radical (unpaired) electrons. The number of benzene rings is 15. The van der Waals surface area contributed by atoms with E-state index in [1.165, 1.54) is 93.1 Å². The average molecular weight is 1250 g/mol. The van der Waals surface area contributed by atoms with Gasteiger partial charge in [0.15, 0.2) is 0 Å². The maximum Gasteiger partial charge on any atom is 0.252 e. The zero-order valence-corrected chi connectivity index (χ0v) is 56.1. The molecule has 0 N–H and O–H groups in total. The zero-order valence-electron chi connectivity index (χ0n) is 56.1. The number of anilines is 6. The van der Waals surface area contributed by atoms with Crippen LogP contribution in [0.4, 0.5) is 34.1 Å². The molecule has 0 saturated heterocycles. The topological polar surface area (TPSA) is 11.4 Å². The van der Waals surface area contributed by atoms with Crippen LogP contribution in [-0.4, -0.2) is 11.3 Å². The van der Waals surface area contributed by atoms with Gasteiger partial charge in [0, 0.05) is 55.8 Å². The Morgan fingerprint density at radius 1 is 0.255 bits per heavy atom. The molecule has 16 aromatic rings. The molecule has 2 aliphatic heterocycles. The molecule has 466 valence electrons. The Bertz CT molecular complexity index is 5360. The molecular formula is C94H72BN3. The second kappa shape index (κ2) is 23.0. The summed E-state index contributed by atoms with van der Waals surface area (Å²) in [6, 6.07) is 124. The van der Waals surface area contributed by atoms with E-state index >= 15 is 0 Å². The van der Waals surface area contributed by atoms with Crippen LogP contribution in [0.3, 0.4) is 0 Å². The second-order valence-corrected chi connectivity index (χ2v) is 28.8. The van der Waals surface area contributed by atoms with E-state index in [-0.39, 0.29) is 17.5 Å². The van der Waals surface area contributed by atoms with Gasteiger partial charge in [-0.2, -0.15) is 0 Å². The Hall–Kier alpha value is -11.7. The highest BCUT2D eigenvalue weighted by Crippen LogP contribution is 2.54. The van der Waals surface area contributed by atoms with E-state index in [1.54, 1.807) is 0 Å². The first-order chi connectivity index (χ1) is 47.9. The number of aromatic nitrogens is 1. The summed E-state index contributed by atoms with van der Waals surface area (Å²) in [5.41, 5.74) is 30.1. The highest BCUT2D eigenvalue weighted by Gasteiger charge is 2.46. The van der Waals surface area contributed by atoms with Crippen LogP contribution >= 0.6 is 0 Å². The molecule has 0 amide bonds. The van der Waals surface area contributed by atoms with Gasteiger partial charge in [-0.25, -0.2) is 0 Å². The van der Waals surface area contributed by atoms with Gasteiger partial charge in [0.1, 0.15) is 0 Å². The number of hydrogen-bond donors (Lipinski definition) is 0. The highest BCUT2D eigenvalue weighted by molar-refractivity contribution is 7.00. The Morgan fingerprint density at radius 3 is 0.969 bits per heavy atom. The van der Waals surface area contributed by atoms with Gasteiger partial charge < -0.3 is 14.4 Å². The van der Waals surface area contributed by atoms with Crippen molar-refractivity contribution in [2.45, 2.75) is 52.4 Å². The van der Waals surface area contributed by atoms with Crippen LogP contribution in [0.1, 0.15) is 52.7 Å². The molecule has 0 atom stereocenters.